The van der Waals surface area contributed by atoms with Gasteiger partial charge in [0, 0.05) is 11.9 Å². The van der Waals surface area contributed by atoms with Gasteiger partial charge >= 0.3 is 0 Å². The Balaban J connectivity index is 2.68. The first-order chi connectivity index (χ1) is 6.57. The van der Waals surface area contributed by atoms with Crippen LogP contribution >= 0.6 is 11.6 Å². The van der Waals surface area contributed by atoms with E-state index in [4.69, 9.17) is 11.6 Å². The third-order valence-electron chi connectivity index (χ3n) is 2.17. The van der Waals surface area contributed by atoms with Crippen molar-refractivity contribution in [3.8, 4) is 0 Å². The molecule has 1 amide bonds. The fourth-order valence-electron chi connectivity index (χ4n) is 1.41. The maximum atomic E-state index is 12.1. The van der Waals surface area contributed by atoms with Gasteiger partial charge in [-0.3, -0.25) is 13.7 Å². The Labute approximate surface area is 87.2 Å². The van der Waals surface area contributed by atoms with E-state index in [0.29, 0.717) is 15.7 Å². The van der Waals surface area contributed by atoms with Crippen molar-refractivity contribution in [2.45, 2.75) is 11.8 Å². The van der Waals surface area contributed by atoms with Gasteiger partial charge in [0.25, 0.3) is 5.91 Å². The molecule has 0 saturated carbocycles. The van der Waals surface area contributed by atoms with Crippen LogP contribution in [0.5, 0.6) is 0 Å². The minimum atomic E-state index is -2.77. The van der Waals surface area contributed by atoms with Gasteiger partial charge in [0.15, 0.2) is 0 Å². The highest BCUT2D eigenvalue weighted by molar-refractivity contribution is 8.02. The predicted molar refractivity (Wildman–Crippen MR) is 55.1 cm³/mol. The van der Waals surface area contributed by atoms with Gasteiger partial charge in [-0.2, -0.15) is 0 Å². The van der Waals surface area contributed by atoms with Crippen molar-refractivity contribution in [2.75, 3.05) is 5.75 Å². The molecule has 0 atom stereocenters. The van der Waals surface area contributed by atoms with Crippen molar-refractivity contribution in [2.24, 2.45) is 0 Å². The van der Waals surface area contributed by atoms with Gasteiger partial charge < -0.3 is 0 Å². The third kappa shape index (κ3) is 1.24. The number of rotatable bonds is 1. The molecule has 0 radical (unpaired) electrons. The highest BCUT2D eigenvalue weighted by Gasteiger charge is 2.33. The van der Waals surface area contributed by atoms with E-state index in [0.717, 1.165) is 0 Å². The Morgan fingerprint density at radius 3 is 3.00 bits per heavy atom. The summed E-state index contributed by atoms with van der Waals surface area (Å²) in [5.41, 5.74) is 0.236. The maximum absolute atomic E-state index is 12.1. The Hall–Kier alpha value is -0.940. The van der Waals surface area contributed by atoms with Crippen molar-refractivity contribution >= 4 is 27.6 Å². The SMILES string of the molecule is CC[SH]1(=O)NC(=O)c2ncc(Cl)cc21. The summed E-state index contributed by atoms with van der Waals surface area (Å²) in [6.45, 7) is 1.76. The van der Waals surface area contributed by atoms with Gasteiger partial charge in [0.2, 0.25) is 0 Å². The van der Waals surface area contributed by atoms with E-state index in [1.807, 2.05) is 0 Å². The minimum absolute atomic E-state index is 0.236. The lowest BCUT2D eigenvalue weighted by atomic mass is 10.3. The summed E-state index contributed by atoms with van der Waals surface area (Å²) in [7, 11) is -2.77. The van der Waals surface area contributed by atoms with Gasteiger partial charge in [0.1, 0.15) is 5.69 Å². The lowest BCUT2D eigenvalue weighted by Gasteiger charge is -2.15. The van der Waals surface area contributed by atoms with Crippen molar-refractivity contribution in [3.63, 3.8) is 0 Å². The highest BCUT2D eigenvalue weighted by atomic mass is 35.5. The molecule has 6 heteroatoms. The Morgan fingerprint density at radius 2 is 2.36 bits per heavy atom. The number of carbonyl (C=O) groups excluding carboxylic acids is 1. The van der Waals surface area contributed by atoms with E-state index in [1.54, 1.807) is 13.0 Å². The van der Waals surface area contributed by atoms with Crippen LogP contribution in [0.4, 0.5) is 0 Å². The maximum Gasteiger partial charge on any atom is 0.281 e. The number of pyridine rings is 1. The molecule has 0 aliphatic carbocycles. The molecule has 2 heterocycles. The van der Waals surface area contributed by atoms with Crippen molar-refractivity contribution in [1.82, 2.24) is 9.71 Å². The predicted octanol–water partition coefficient (Wildman–Crippen LogP) is 0.789. The zero-order valence-corrected chi connectivity index (χ0v) is 9.10. The summed E-state index contributed by atoms with van der Waals surface area (Å²) < 4.78 is 14.6. The molecule has 4 nitrogen and oxygen atoms in total. The van der Waals surface area contributed by atoms with Gasteiger partial charge in [-0.1, -0.05) is 18.5 Å². The summed E-state index contributed by atoms with van der Waals surface area (Å²) in [6, 6.07) is 1.55. The van der Waals surface area contributed by atoms with E-state index in [-0.39, 0.29) is 11.6 Å². The van der Waals surface area contributed by atoms with Crippen LogP contribution in [0.2, 0.25) is 5.02 Å². The fraction of sp³-hybridized carbons (Fsp3) is 0.250. The molecule has 0 aromatic carbocycles. The Bertz CT molecular complexity index is 461. The van der Waals surface area contributed by atoms with Crippen LogP contribution in [0.1, 0.15) is 17.4 Å². The van der Waals surface area contributed by atoms with Gasteiger partial charge in [-0.25, -0.2) is 4.98 Å². The van der Waals surface area contributed by atoms with Gasteiger partial charge in [-0.05, 0) is 16.2 Å². The molecule has 1 aromatic heterocycles. The monoisotopic (exact) mass is 232 g/mol. The summed E-state index contributed by atoms with van der Waals surface area (Å²) in [4.78, 5) is 15.7. The van der Waals surface area contributed by atoms with Crippen molar-refractivity contribution < 1.29 is 9.00 Å². The van der Waals surface area contributed by atoms with Crippen LogP contribution in [0.15, 0.2) is 17.2 Å². The smallest absolute Gasteiger partial charge is 0.281 e. The second-order valence-corrected chi connectivity index (χ2v) is 6.27. The number of hydrogen-bond donors (Lipinski definition) is 2. The summed E-state index contributed by atoms with van der Waals surface area (Å²) in [5.74, 6) is 0.00941. The van der Waals surface area contributed by atoms with E-state index in [2.05, 4.69) is 9.71 Å². The first-order valence-electron chi connectivity index (χ1n) is 4.14. The topological polar surface area (TPSA) is 59.1 Å². The average Bonchev–Trinajstić information content (AvgIpc) is 2.40. The summed E-state index contributed by atoms with van der Waals surface area (Å²) >= 11 is 5.73. The number of fused-ring (bicyclic) bond motifs is 1. The summed E-state index contributed by atoms with van der Waals surface area (Å²) in [6.07, 6.45) is 1.38. The standard InChI is InChI=1S/C8H9ClN2O2S/c1-2-14(13)6-3-5(9)4-10-7(6)8(12)11-14/h3-4,14H,2H2,1H3,(H,11,12,13). The quantitative estimate of drug-likeness (QED) is 0.704. The molecule has 2 rings (SSSR count). The van der Waals surface area contributed by atoms with Crippen LogP contribution in [-0.4, -0.2) is 20.9 Å². The molecule has 0 spiro atoms. The zero-order valence-electron chi connectivity index (χ0n) is 7.45. The Morgan fingerprint density at radius 1 is 1.64 bits per heavy atom. The first kappa shape index (κ1) is 9.61. The second-order valence-electron chi connectivity index (χ2n) is 3.02. The largest absolute Gasteiger partial charge is 0.288 e. The van der Waals surface area contributed by atoms with Crippen molar-refractivity contribution in [3.05, 3.63) is 23.0 Å². The number of nitrogens with one attached hydrogen (secondary N) is 1. The molecule has 0 fully saturated rings. The molecule has 14 heavy (non-hydrogen) atoms. The average molecular weight is 233 g/mol. The van der Waals surface area contributed by atoms with Crippen LogP contribution in [0.3, 0.4) is 0 Å². The summed E-state index contributed by atoms with van der Waals surface area (Å²) in [5, 5.41) is 0.397. The number of thiol groups is 1. The molecule has 1 aliphatic rings. The Kier molecular flexibility index (Phi) is 2.08. The molecule has 1 aliphatic heterocycles. The molecular formula is C8H9ClN2O2S. The number of hydrogen-bond acceptors (Lipinski definition) is 3. The highest BCUT2D eigenvalue weighted by Crippen LogP contribution is 2.28. The van der Waals surface area contributed by atoms with E-state index in [9.17, 15) is 9.00 Å². The minimum Gasteiger partial charge on any atom is -0.288 e. The number of halogens is 1. The molecule has 0 unspecified atom stereocenters. The van der Waals surface area contributed by atoms with Crippen LogP contribution in [0, 0.1) is 0 Å². The lowest BCUT2D eigenvalue weighted by molar-refractivity contribution is 0.0980. The first-order valence-corrected chi connectivity index (χ1v) is 6.41. The van der Waals surface area contributed by atoms with Crippen LogP contribution < -0.4 is 4.72 Å². The fourth-order valence-corrected chi connectivity index (χ4v) is 3.54. The molecule has 0 bridgehead atoms. The van der Waals surface area contributed by atoms with Crippen LogP contribution in [0.25, 0.3) is 0 Å². The zero-order chi connectivity index (χ0) is 10.3. The molecule has 1 aromatic rings. The molecule has 1 N–H and O–H groups in total. The van der Waals surface area contributed by atoms with E-state index < -0.39 is 10.1 Å². The second kappa shape index (κ2) is 3.03. The normalized spacial score (nSPS) is 20.0. The van der Waals surface area contributed by atoms with Crippen molar-refractivity contribution in [1.29, 1.82) is 0 Å². The van der Waals surface area contributed by atoms with E-state index >= 15 is 0 Å². The van der Waals surface area contributed by atoms with Gasteiger partial charge in [0.05, 0.1) is 9.92 Å². The number of amides is 1. The molecular weight excluding hydrogens is 224 g/mol. The van der Waals surface area contributed by atoms with E-state index in [1.165, 1.54) is 6.20 Å². The molecule has 76 valence electrons. The number of nitrogens with zero attached hydrogens (tertiary/aromatic N) is 1. The number of carbonyl (C=O) groups is 1. The third-order valence-corrected chi connectivity index (χ3v) is 4.95. The van der Waals surface area contributed by atoms with Crippen LogP contribution in [-0.2, 0) is 10.1 Å². The number of aromatic nitrogens is 1. The molecule has 0 saturated heterocycles. The van der Waals surface area contributed by atoms with Gasteiger partial charge in [-0.15, -0.1) is 0 Å². The lowest BCUT2D eigenvalue weighted by Crippen LogP contribution is -2.30.